The number of ether oxygens (including phenoxy) is 2. The summed E-state index contributed by atoms with van der Waals surface area (Å²) in [6, 6.07) is 10.2. The van der Waals surface area contributed by atoms with Crippen LogP contribution in [0.25, 0.3) is 11.0 Å². The van der Waals surface area contributed by atoms with E-state index in [9.17, 15) is 29.3 Å². The number of esters is 1. The van der Waals surface area contributed by atoms with Crippen LogP contribution in [-0.2, 0) is 25.5 Å². The van der Waals surface area contributed by atoms with Gasteiger partial charge in [-0.1, -0.05) is 12.1 Å². The second-order valence-corrected chi connectivity index (χ2v) is 6.77. The van der Waals surface area contributed by atoms with Crippen molar-refractivity contribution in [1.29, 1.82) is 0 Å². The highest BCUT2D eigenvalue weighted by Crippen LogP contribution is 2.29. The number of anilines is 1. The molecule has 2 aromatic carbocycles. The Morgan fingerprint density at radius 1 is 1.18 bits per heavy atom. The molecule has 3 aromatic rings. The number of nitrogens with one attached hydrogen (secondary N) is 2. The minimum absolute atomic E-state index is 0.152. The van der Waals surface area contributed by atoms with E-state index in [1.165, 1.54) is 19.2 Å². The molecule has 0 saturated carbocycles. The topological polar surface area (TPSA) is 171 Å². The molecule has 170 valence electrons. The third-order valence-corrected chi connectivity index (χ3v) is 4.74. The number of nitro benzene ring substituents is 1. The molecule has 2 N–H and O–H groups in total. The van der Waals surface area contributed by atoms with Gasteiger partial charge in [-0.25, -0.2) is 4.98 Å². The summed E-state index contributed by atoms with van der Waals surface area (Å²) in [4.78, 5) is 67.3. The number of rotatable bonds is 8. The summed E-state index contributed by atoms with van der Waals surface area (Å²) >= 11 is 0. The Labute approximate surface area is 185 Å². The van der Waals surface area contributed by atoms with E-state index < -0.39 is 46.2 Å². The van der Waals surface area contributed by atoms with Crippen LogP contribution in [0.5, 0.6) is 5.75 Å². The number of H-pyrrole nitrogens is 1. The molecule has 0 aliphatic rings. The first-order valence-electron chi connectivity index (χ1n) is 9.48. The minimum atomic E-state index is -1.69. The molecule has 1 atom stereocenters. The average Bonchev–Trinajstić information content (AvgIpc) is 2.81. The van der Waals surface area contributed by atoms with E-state index >= 15 is 0 Å². The van der Waals surface area contributed by atoms with Crippen LogP contribution in [0.1, 0.15) is 5.69 Å². The number of methoxy groups -OCH3 is 2. The van der Waals surface area contributed by atoms with Crippen molar-refractivity contribution in [2.45, 2.75) is 6.42 Å². The number of para-hydroxylation sites is 2. The number of hydrogen-bond donors (Lipinski definition) is 2. The highest BCUT2D eigenvalue weighted by atomic mass is 16.6. The maximum atomic E-state index is 12.8. The molecule has 0 aliphatic heterocycles. The van der Waals surface area contributed by atoms with E-state index in [2.05, 4.69) is 20.0 Å². The smallest absolute Gasteiger partial charge is 0.317 e. The standard InChI is InChI=1S/C21H18N4O8/c1-32-11-7-8-15(17(9-11)25(30)31)24-20(28)18(26)12(21(29)33-2)10-16-19(27)23-14-6-4-3-5-13(14)22-16/h3-9,12H,10H2,1-2H3,(H,23,27)(H,24,28). The molecule has 0 aliphatic carbocycles. The molecule has 12 nitrogen and oxygen atoms in total. The summed E-state index contributed by atoms with van der Waals surface area (Å²) in [7, 11) is 2.33. The molecule has 12 heteroatoms. The molecule has 0 bridgehead atoms. The van der Waals surface area contributed by atoms with Gasteiger partial charge in [0.05, 0.1) is 36.2 Å². The lowest BCUT2D eigenvalue weighted by molar-refractivity contribution is -0.384. The molecule has 1 heterocycles. The monoisotopic (exact) mass is 454 g/mol. The maximum absolute atomic E-state index is 12.8. The fourth-order valence-corrected chi connectivity index (χ4v) is 3.06. The number of amides is 1. The van der Waals surface area contributed by atoms with Crippen molar-refractivity contribution in [2.24, 2.45) is 5.92 Å². The third-order valence-electron chi connectivity index (χ3n) is 4.74. The van der Waals surface area contributed by atoms with Crippen LogP contribution in [0.15, 0.2) is 47.3 Å². The number of Topliss-reactive ketones (excluding diaryl/α,β-unsaturated/α-hetero) is 1. The van der Waals surface area contributed by atoms with Crippen molar-refractivity contribution in [3.8, 4) is 5.75 Å². The largest absolute Gasteiger partial charge is 0.496 e. The first-order valence-corrected chi connectivity index (χ1v) is 9.48. The Morgan fingerprint density at radius 2 is 1.91 bits per heavy atom. The molecule has 0 saturated heterocycles. The number of carbonyl (C=O) groups excluding carboxylic acids is 3. The number of benzene rings is 2. The molecular weight excluding hydrogens is 436 g/mol. The highest BCUT2D eigenvalue weighted by Gasteiger charge is 2.35. The van der Waals surface area contributed by atoms with Crippen molar-refractivity contribution in [1.82, 2.24) is 9.97 Å². The Hall–Kier alpha value is -4.61. The minimum Gasteiger partial charge on any atom is -0.496 e. The summed E-state index contributed by atoms with van der Waals surface area (Å²) in [6.07, 6.45) is -0.510. The van der Waals surface area contributed by atoms with E-state index in [0.717, 1.165) is 13.2 Å². The zero-order valence-corrected chi connectivity index (χ0v) is 17.5. The summed E-state index contributed by atoms with van der Waals surface area (Å²) in [6.45, 7) is 0. The highest BCUT2D eigenvalue weighted by molar-refractivity contribution is 6.44. The zero-order chi connectivity index (χ0) is 24.1. The number of nitro groups is 1. The molecule has 33 heavy (non-hydrogen) atoms. The molecule has 0 fully saturated rings. The number of aromatic nitrogens is 2. The molecular formula is C21H18N4O8. The van der Waals surface area contributed by atoms with Crippen molar-refractivity contribution in [2.75, 3.05) is 19.5 Å². The van der Waals surface area contributed by atoms with Gasteiger partial charge in [-0.2, -0.15) is 0 Å². The Morgan fingerprint density at radius 3 is 2.58 bits per heavy atom. The second-order valence-electron chi connectivity index (χ2n) is 6.77. The molecule has 1 aromatic heterocycles. The fraction of sp³-hybridized carbons (Fsp3) is 0.190. The SMILES string of the molecule is COC(=O)C(Cc1nc2ccccc2[nH]c1=O)C(=O)C(=O)Nc1ccc(OC)cc1[N+](=O)[O-]. The molecule has 0 radical (unpaired) electrons. The van der Waals surface area contributed by atoms with Crippen molar-refractivity contribution in [3.63, 3.8) is 0 Å². The lowest BCUT2D eigenvalue weighted by atomic mass is 9.97. The second kappa shape index (κ2) is 9.68. The molecule has 1 unspecified atom stereocenters. The van der Waals surface area contributed by atoms with Gasteiger partial charge in [0.1, 0.15) is 23.0 Å². The summed E-state index contributed by atoms with van der Waals surface area (Å²) in [5, 5.41) is 13.4. The Kier molecular flexibility index (Phi) is 6.77. The first kappa shape index (κ1) is 23.1. The van der Waals surface area contributed by atoms with Crippen LogP contribution >= 0.6 is 0 Å². The van der Waals surface area contributed by atoms with E-state index in [-0.39, 0.29) is 17.1 Å². The Bertz CT molecular complexity index is 1320. The number of nitrogens with zero attached hydrogens (tertiary/aromatic N) is 2. The summed E-state index contributed by atoms with van der Waals surface area (Å²) in [5.74, 6) is -5.13. The first-order chi connectivity index (χ1) is 15.7. The summed E-state index contributed by atoms with van der Waals surface area (Å²) < 4.78 is 9.54. The van der Waals surface area contributed by atoms with Crippen LogP contribution < -0.4 is 15.6 Å². The van der Waals surface area contributed by atoms with E-state index in [1.807, 2.05) is 0 Å². The van der Waals surface area contributed by atoms with E-state index in [0.29, 0.717) is 11.0 Å². The van der Waals surface area contributed by atoms with Gasteiger partial charge in [0.2, 0.25) is 5.78 Å². The van der Waals surface area contributed by atoms with Crippen molar-refractivity contribution in [3.05, 3.63) is 68.6 Å². The number of ketones is 1. The van der Waals surface area contributed by atoms with Crippen LogP contribution in [0.3, 0.4) is 0 Å². The third kappa shape index (κ3) is 5.01. The predicted octanol–water partition coefficient (Wildman–Crippen LogP) is 1.38. The molecule has 0 spiro atoms. The number of hydrogen-bond acceptors (Lipinski definition) is 9. The van der Waals surface area contributed by atoms with E-state index in [4.69, 9.17) is 4.74 Å². The van der Waals surface area contributed by atoms with E-state index in [1.54, 1.807) is 24.3 Å². The Balaban J connectivity index is 1.89. The van der Waals surface area contributed by atoms with Gasteiger partial charge < -0.3 is 19.8 Å². The van der Waals surface area contributed by atoms with Gasteiger partial charge in [0.25, 0.3) is 17.2 Å². The lowest BCUT2D eigenvalue weighted by Crippen LogP contribution is -2.37. The number of carbonyl (C=O) groups is 3. The predicted molar refractivity (Wildman–Crippen MR) is 115 cm³/mol. The molecule has 1 amide bonds. The van der Waals surface area contributed by atoms with Gasteiger partial charge in [0.15, 0.2) is 0 Å². The number of fused-ring (bicyclic) bond motifs is 1. The summed E-state index contributed by atoms with van der Waals surface area (Å²) in [5.41, 5.74) is -0.706. The zero-order valence-electron chi connectivity index (χ0n) is 17.5. The quantitative estimate of drug-likeness (QED) is 0.168. The van der Waals surface area contributed by atoms with Crippen LogP contribution in [0.4, 0.5) is 11.4 Å². The van der Waals surface area contributed by atoms with Gasteiger partial charge >= 0.3 is 5.97 Å². The number of aromatic amines is 1. The van der Waals surface area contributed by atoms with Crippen LogP contribution in [0.2, 0.25) is 0 Å². The fourth-order valence-electron chi connectivity index (χ4n) is 3.06. The lowest BCUT2D eigenvalue weighted by Gasteiger charge is -2.13. The van der Waals surface area contributed by atoms with Gasteiger partial charge in [0, 0.05) is 6.42 Å². The van der Waals surface area contributed by atoms with Crippen LogP contribution in [0, 0.1) is 16.0 Å². The van der Waals surface area contributed by atoms with Gasteiger partial charge in [-0.15, -0.1) is 0 Å². The molecule has 3 rings (SSSR count). The normalized spacial score (nSPS) is 11.5. The van der Waals surface area contributed by atoms with Crippen LogP contribution in [-0.4, -0.2) is 46.8 Å². The maximum Gasteiger partial charge on any atom is 0.317 e. The average molecular weight is 454 g/mol. The van der Waals surface area contributed by atoms with Crippen molar-refractivity contribution < 1.29 is 28.8 Å². The van der Waals surface area contributed by atoms with Crippen molar-refractivity contribution >= 4 is 40.1 Å². The van der Waals surface area contributed by atoms with Gasteiger partial charge in [-0.05, 0) is 24.3 Å². The van der Waals surface area contributed by atoms with Gasteiger partial charge in [-0.3, -0.25) is 29.3 Å².